The van der Waals surface area contributed by atoms with Gasteiger partial charge in [0.1, 0.15) is 17.2 Å². The molecule has 0 aliphatic rings. The van der Waals surface area contributed by atoms with Crippen molar-refractivity contribution in [1.82, 2.24) is 19.7 Å². The molecule has 0 saturated heterocycles. The quantitative estimate of drug-likeness (QED) is 0.259. The largest absolute Gasteiger partial charge is 0.377 e. The number of anilines is 1. The fraction of sp³-hybridized carbons (Fsp3) is 0.267. The fourth-order valence-corrected chi connectivity index (χ4v) is 6.03. The minimum Gasteiger partial charge on any atom is -0.377 e. The average Bonchev–Trinajstić information content (AvgIpc) is 3.25. The Bertz CT molecular complexity index is 1930. The van der Waals surface area contributed by atoms with Gasteiger partial charge in [0.15, 0.2) is 5.82 Å². The zero-order valence-electron chi connectivity index (χ0n) is 23.6. The number of benzene rings is 2. The van der Waals surface area contributed by atoms with Crippen LogP contribution < -0.4 is 10.3 Å². The van der Waals surface area contributed by atoms with Crippen LogP contribution in [0.2, 0.25) is 0 Å². The highest BCUT2D eigenvalue weighted by Crippen LogP contribution is 2.33. The average molecular weight is 574 g/mol. The van der Waals surface area contributed by atoms with E-state index >= 15 is 0 Å². The van der Waals surface area contributed by atoms with Crippen LogP contribution in [0.15, 0.2) is 68.8 Å². The maximum atomic E-state index is 13.5. The number of nitrogens with one attached hydrogen (secondary N) is 1. The lowest BCUT2D eigenvalue weighted by Crippen LogP contribution is -2.21. The highest BCUT2D eigenvalue weighted by molar-refractivity contribution is 7.92. The molecule has 0 bridgehead atoms. The lowest BCUT2D eigenvalue weighted by atomic mass is 9.97. The van der Waals surface area contributed by atoms with Crippen molar-refractivity contribution in [2.24, 2.45) is 0 Å². The molecule has 212 valence electrons. The van der Waals surface area contributed by atoms with Crippen molar-refractivity contribution in [2.45, 2.75) is 52.7 Å². The number of nitrogens with zero attached hydrogens (tertiary/aromatic N) is 4. The molecule has 0 atom stereocenters. The number of pyridine rings is 1. The van der Waals surface area contributed by atoms with E-state index in [0.29, 0.717) is 40.5 Å². The molecule has 0 saturated carbocycles. The summed E-state index contributed by atoms with van der Waals surface area (Å²) in [6, 6.07) is 15.8. The second kappa shape index (κ2) is 11.3. The molecule has 3 heterocycles. The van der Waals surface area contributed by atoms with Crippen LogP contribution in [0, 0.1) is 27.7 Å². The summed E-state index contributed by atoms with van der Waals surface area (Å²) in [6.45, 7) is 10.1. The smallest absolute Gasteiger partial charge is 0.263 e. The van der Waals surface area contributed by atoms with Gasteiger partial charge in [0, 0.05) is 29.2 Å². The molecule has 5 aromatic rings. The third kappa shape index (κ3) is 5.63. The van der Waals surface area contributed by atoms with Gasteiger partial charge in [-0.05, 0) is 63.4 Å². The molecule has 0 spiro atoms. The summed E-state index contributed by atoms with van der Waals surface area (Å²) in [7, 11) is -4.01. The maximum absolute atomic E-state index is 13.5. The first kappa shape index (κ1) is 28.2. The second-order valence-electron chi connectivity index (χ2n) is 9.79. The SMILES string of the molecule is CCOCc1cc(Cn2c(=O)ccc3c(C)nc(C)nc32)ccc1-c1ccccc1S(=O)(=O)Nc1noc(C)c1C. The van der Waals surface area contributed by atoms with E-state index < -0.39 is 10.0 Å². The Labute approximate surface area is 238 Å². The lowest BCUT2D eigenvalue weighted by molar-refractivity contribution is 0.134. The van der Waals surface area contributed by atoms with E-state index in [9.17, 15) is 13.2 Å². The summed E-state index contributed by atoms with van der Waals surface area (Å²) in [5, 5.41) is 4.67. The molecule has 10 nitrogen and oxygen atoms in total. The molecule has 0 amide bonds. The molecule has 3 aromatic heterocycles. The molecule has 0 aliphatic heterocycles. The Morgan fingerprint density at radius 3 is 2.49 bits per heavy atom. The van der Waals surface area contributed by atoms with Gasteiger partial charge >= 0.3 is 0 Å². The van der Waals surface area contributed by atoms with Crippen molar-refractivity contribution in [1.29, 1.82) is 0 Å². The van der Waals surface area contributed by atoms with Crippen molar-refractivity contribution in [2.75, 3.05) is 11.3 Å². The summed E-state index contributed by atoms with van der Waals surface area (Å²) in [5.74, 6) is 1.27. The first-order valence-electron chi connectivity index (χ1n) is 13.2. The topological polar surface area (TPSA) is 129 Å². The molecule has 0 unspecified atom stereocenters. The molecule has 41 heavy (non-hydrogen) atoms. The number of aryl methyl sites for hydroxylation is 3. The highest BCUT2D eigenvalue weighted by atomic mass is 32.2. The Balaban J connectivity index is 1.58. The standard InChI is InChI=1S/C30H31N5O5S/c1-6-39-17-23-15-22(16-35-28(36)14-13-24-19(3)31-21(5)32-30(24)35)11-12-25(23)26-9-7-8-10-27(26)41(37,38)34-29-18(2)20(4)40-33-29/h7-15H,6,16-17H2,1-5H3,(H,33,34). The normalized spacial score (nSPS) is 11.7. The Morgan fingerprint density at radius 1 is 0.976 bits per heavy atom. The molecule has 0 radical (unpaired) electrons. The molecular formula is C30H31N5O5S. The van der Waals surface area contributed by atoms with Gasteiger partial charge in [0.05, 0.1) is 23.7 Å². The van der Waals surface area contributed by atoms with Crippen LogP contribution in [-0.4, -0.2) is 34.7 Å². The maximum Gasteiger partial charge on any atom is 0.263 e. The van der Waals surface area contributed by atoms with Crippen LogP contribution in [0.5, 0.6) is 0 Å². The van der Waals surface area contributed by atoms with E-state index in [1.54, 1.807) is 55.7 Å². The number of hydrogen-bond donors (Lipinski definition) is 1. The minimum atomic E-state index is -4.01. The first-order valence-corrected chi connectivity index (χ1v) is 14.7. The van der Waals surface area contributed by atoms with Crippen LogP contribution >= 0.6 is 0 Å². The number of rotatable bonds is 9. The van der Waals surface area contributed by atoms with Crippen molar-refractivity contribution < 1.29 is 17.7 Å². The zero-order chi connectivity index (χ0) is 29.3. The summed E-state index contributed by atoms with van der Waals surface area (Å²) in [5.41, 5.74) is 4.67. The molecule has 0 aliphatic carbocycles. The zero-order valence-corrected chi connectivity index (χ0v) is 24.4. The molecule has 5 rings (SSSR count). The van der Waals surface area contributed by atoms with Gasteiger partial charge in [-0.15, -0.1) is 0 Å². The molecule has 0 fully saturated rings. The van der Waals surface area contributed by atoms with Gasteiger partial charge in [-0.3, -0.25) is 14.1 Å². The van der Waals surface area contributed by atoms with Gasteiger partial charge in [0.2, 0.25) is 0 Å². The number of aromatic nitrogens is 4. The van der Waals surface area contributed by atoms with E-state index in [-0.39, 0.29) is 29.4 Å². The van der Waals surface area contributed by atoms with Crippen LogP contribution in [0.4, 0.5) is 5.82 Å². The Kier molecular flexibility index (Phi) is 7.74. The predicted molar refractivity (Wildman–Crippen MR) is 156 cm³/mol. The first-order chi connectivity index (χ1) is 19.6. The van der Waals surface area contributed by atoms with E-state index in [0.717, 1.165) is 22.2 Å². The molecule has 1 N–H and O–H groups in total. The highest BCUT2D eigenvalue weighted by Gasteiger charge is 2.23. The van der Waals surface area contributed by atoms with Crippen LogP contribution in [0.1, 0.15) is 40.9 Å². The summed E-state index contributed by atoms with van der Waals surface area (Å²) in [4.78, 5) is 22.0. The number of sulfonamides is 1. The third-order valence-corrected chi connectivity index (χ3v) is 8.37. The van der Waals surface area contributed by atoms with E-state index in [1.165, 1.54) is 6.07 Å². The number of fused-ring (bicyclic) bond motifs is 1. The van der Waals surface area contributed by atoms with Crippen molar-refractivity contribution >= 4 is 26.9 Å². The van der Waals surface area contributed by atoms with Gasteiger partial charge in [-0.2, -0.15) is 0 Å². The number of ether oxygens (including phenoxy) is 1. The molecule has 2 aromatic carbocycles. The Morgan fingerprint density at radius 2 is 1.76 bits per heavy atom. The molecule has 11 heteroatoms. The van der Waals surface area contributed by atoms with Crippen LogP contribution in [-0.2, 0) is 27.9 Å². The number of hydrogen-bond acceptors (Lipinski definition) is 8. The van der Waals surface area contributed by atoms with Crippen LogP contribution in [0.3, 0.4) is 0 Å². The predicted octanol–water partition coefficient (Wildman–Crippen LogP) is 5.07. The van der Waals surface area contributed by atoms with Gasteiger partial charge < -0.3 is 9.26 Å². The summed E-state index contributed by atoms with van der Waals surface area (Å²) >= 11 is 0. The second-order valence-corrected chi connectivity index (χ2v) is 11.4. The minimum absolute atomic E-state index is 0.0958. The van der Waals surface area contributed by atoms with Crippen molar-refractivity contribution in [3.63, 3.8) is 0 Å². The van der Waals surface area contributed by atoms with Gasteiger partial charge in [-0.1, -0.05) is 41.6 Å². The molecular weight excluding hydrogens is 542 g/mol. The fourth-order valence-electron chi connectivity index (χ4n) is 4.75. The summed E-state index contributed by atoms with van der Waals surface area (Å²) in [6.07, 6.45) is 0. The Hall–Kier alpha value is -4.35. The third-order valence-electron chi connectivity index (χ3n) is 6.97. The lowest BCUT2D eigenvalue weighted by Gasteiger charge is -2.17. The van der Waals surface area contributed by atoms with E-state index in [4.69, 9.17) is 9.26 Å². The van der Waals surface area contributed by atoms with E-state index in [1.807, 2.05) is 32.0 Å². The van der Waals surface area contributed by atoms with Crippen molar-refractivity contribution in [3.05, 3.63) is 98.9 Å². The monoisotopic (exact) mass is 573 g/mol. The van der Waals surface area contributed by atoms with Gasteiger partial charge in [0.25, 0.3) is 15.6 Å². The van der Waals surface area contributed by atoms with Gasteiger partial charge in [-0.25, -0.2) is 18.4 Å². The van der Waals surface area contributed by atoms with Crippen LogP contribution in [0.25, 0.3) is 22.2 Å². The summed E-state index contributed by atoms with van der Waals surface area (Å²) < 4.78 is 42.2. The van der Waals surface area contributed by atoms with E-state index in [2.05, 4.69) is 19.8 Å². The van der Waals surface area contributed by atoms with Crippen molar-refractivity contribution in [3.8, 4) is 11.1 Å².